The highest BCUT2D eigenvalue weighted by atomic mass is 35.5. The van der Waals surface area contributed by atoms with E-state index in [2.05, 4.69) is 5.32 Å². The standard InChI is InChI=1S/C13H12ClNO3.ClH/c1-15-7-9-3-5-12(18-9)10-6-8(13(16)17)2-4-11(10)14;/h2-6,15H,7H2,1H3,(H,16,17);1H. The van der Waals surface area contributed by atoms with Crippen LogP contribution in [0.2, 0.25) is 5.02 Å². The van der Waals surface area contributed by atoms with E-state index in [1.54, 1.807) is 12.1 Å². The fraction of sp³-hybridized carbons (Fsp3) is 0.154. The molecule has 2 rings (SSSR count). The molecule has 19 heavy (non-hydrogen) atoms. The molecular formula is C13H13Cl2NO3. The van der Waals surface area contributed by atoms with Gasteiger partial charge in [-0.2, -0.15) is 0 Å². The van der Waals surface area contributed by atoms with Crippen LogP contribution in [0.25, 0.3) is 11.3 Å². The lowest BCUT2D eigenvalue weighted by molar-refractivity contribution is 0.0697. The summed E-state index contributed by atoms with van der Waals surface area (Å²) in [6.07, 6.45) is 0. The number of hydrogen-bond acceptors (Lipinski definition) is 3. The molecule has 0 radical (unpaired) electrons. The van der Waals surface area contributed by atoms with Gasteiger partial charge >= 0.3 is 5.97 Å². The summed E-state index contributed by atoms with van der Waals surface area (Å²) in [7, 11) is 1.82. The molecule has 0 amide bonds. The summed E-state index contributed by atoms with van der Waals surface area (Å²) in [5.41, 5.74) is 0.764. The van der Waals surface area contributed by atoms with Crippen LogP contribution in [0.1, 0.15) is 16.1 Å². The molecule has 0 aliphatic heterocycles. The van der Waals surface area contributed by atoms with Gasteiger partial charge in [0.1, 0.15) is 11.5 Å². The topological polar surface area (TPSA) is 62.5 Å². The zero-order chi connectivity index (χ0) is 13.1. The van der Waals surface area contributed by atoms with Gasteiger partial charge in [0.25, 0.3) is 0 Å². The number of carboxylic acid groups (broad SMARTS) is 1. The van der Waals surface area contributed by atoms with Crippen LogP contribution >= 0.6 is 24.0 Å². The average molecular weight is 302 g/mol. The Morgan fingerprint density at radius 1 is 1.37 bits per heavy atom. The summed E-state index contributed by atoms with van der Waals surface area (Å²) in [4.78, 5) is 10.9. The molecule has 1 aromatic carbocycles. The van der Waals surface area contributed by atoms with Crippen molar-refractivity contribution in [3.05, 3.63) is 46.7 Å². The highest BCUT2D eigenvalue weighted by Gasteiger charge is 2.12. The Hall–Kier alpha value is -1.49. The Kier molecular flexibility index (Phi) is 5.42. The molecule has 0 spiro atoms. The van der Waals surface area contributed by atoms with E-state index in [-0.39, 0.29) is 18.0 Å². The quantitative estimate of drug-likeness (QED) is 0.908. The van der Waals surface area contributed by atoms with E-state index in [0.29, 0.717) is 22.9 Å². The predicted octanol–water partition coefficient (Wildman–Crippen LogP) is 3.44. The number of aromatic carboxylic acids is 1. The third-order valence-corrected chi connectivity index (χ3v) is 2.82. The van der Waals surface area contributed by atoms with Crippen molar-refractivity contribution in [2.45, 2.75) is 6.54 Å². The maximum atomic E-state index is 10.9. The van der Waals surface area contributed by atoms with Gasteiger partial charge in [-0.3, -0.25) is 0 Å². The summed E-state index contributed by atoms with van der Waals surface area (Å²) < 4.78 is 5.59. The van der Waals surface area contributed by atoms with Gasteiger partial charge < -0.3 is 14.8 Å². The number of hydrogen-bond donors (Lipinski definition) is 2. The fourth-order valence-electron chi connectivity index (χ4n) is 1.64. The second-order valence-corrected chi connectivity index (χ2v) is 4.20. The van der Waals surface area contributed by atoms with Crippen molar-refractivity contribution in [3.63, 3.8) is 0 Å². The molecule has 0 aliphatic carbocycles. The number of halogens is 2. The van der Waals surface area contributed by atoms with E-state index < -0.39 is 5.97 Å². The molecule has 1 heterocycles. The van der Waals surface area contributed by atoms with Gasteiger partial charge in [-0.1, -0.05) is 11.6 Å². The van der Waals surface area contributed by atoms with Gasteiger partial charge in [0.05, 0.1) is 17.1 Å². The third kappa shape index (κ3) is 3.50. The molecule has 0 bridgehead atoms. The summed E-state index contributed by atoms with van der Waals surface area (Å²) in [6.45, 7) is 0.607. The van der Waals surface area contributed by atoms with Crippen molar-refractivity contribution in [2.75, 3.05) is 7.05 Å². The Labute approximate surface area is 121 Å². The minimum Gasteiger partial charge on any atom is -0.478 e. The first kappa shape index (κ1) is 15.6. The molecule has 102 valence electrons. The van der Waals surface area contributed by atoms with Gasteiger partial charge in [-0.05, 0) is 37.4 Å². The van der Waals surface area contributed by atoms with E-state index in [1.807, 2.05) is 13.1 Å². The molecule has 2 aromatic rings. The largest absolute Gasteiger partial charge is 0.478 e. The Bertz CT molecular complexity index is 581. The van der Waals surface area contributed by atoms with Crippen molar-refractivity contribution in [3.8, 4) is 11.3 Å². The molecule has 0 fully saturated rings. The highest BCUT2D eigenvalue weighted by molar-refractivity contribution is 6.33. The lowest BCUT2D eigenvalue weighted by Crippen LogP contribution is -2.03. The smallest absolute Gasteiger partial charge is 0.335 e. The van der Waals surface area contributed by atoms with E-state index >= 15 is 0 Å². The third-order valence-electron chi connectivity index (χ3n) is 2.49. The molecule has 1 aromatic heterocycles. The first-order valence-corrected chi connectivity index (χ1v) is 5.76. The minimum absolute atomic E-state index is 0. The molecule has 0 atom stereocenters. The number of carboxylic acids is 1. The zero-order valence-electron chi connectivity index (χ0n) is 10.1. The number of carbonyl (C=O) groups is 1. The summed E-state index contributed by atoms with van der Waals surface area (Å²) in [5, 5.41) is 12.4. The first-order valence-electron chi connectivity index (χ1n) is 5.38. The second-order valence-electron chi connectivity index (χ2n) is 3.80. The maximum absolute atomic E-state index is 10.9. The molecule has 0 unspecified atom stereocenters. The lowest BCUT2D eigenvalue weighted by Gasteiger charge is -2.03. The minimum atomic E-state index is -0.991. The number of benzene rings is 1. The van der Waals surface area contributed by atoms with E-state index in [1.165, 1.54) is 12.1 Å². The van der Waals surface area contributed by atoms with E-state index in [9.17, 15) is 4.79 Å². The molecular weight excluding hydrogens is 289 g/mol. The fourth-order valence-corrected chi connectivity index (χ4v) is 1.85. The van der Waals surface area contributed by atoms with Crippen LogP contribution in [0.4, 0.5) is 0 Å². The number of furan rings is 1. The van der Waals surface area contributed by atoms with Gasteiger partial charge in [-0.25, -0.2) is 4.79 Å². The van der Waals surface area contributed by atoms with Gasteiger partial charge in [0.15, 0.2) is 0 Å². The van der Waals surface area contributed by atoms with Gasteiger partial charge in [0, 0.05) is 5.56 Å². The number of rotatable bonds is 4. The normalized spacial score (nSPS) is 10.0. The van der Waals surface area contributed by atoms with Crippen molar-refractivity contribution in [2.24, 2.45) is 0 Å². The van der Waals surface area contributed by atoms with Crippen molar-refractivity contribution in [1.82, 2.24) is 5.32 Å². The monoisotopic (exact) mass is 301 g/mol. The van der Waals surface area contributed by atoms with Crippen LogP contribution in [0.3, 0.4) is 0 Å². The Morgan fingerprint density at radius 3 is 2.74 bits per heavy atom. The molecule has 6 heteroatoms. The van der Waals surface area contributed by atoms with Crippen LogP contribution in [-0.4, -0.2) is 18.1 Å². The maximum Gasteiger partial charge on any atom is 0.335 e. The molecule has 0 saturated heterocycles. The van der Waals surface area contributed by atoms with Gasteiger partial charge in [-0.15, -0.1) is 12.4 Å². The van der Waals surface area contributed by atoms with Gasteiger partial charge in [0.2, 0.25) is 0 Å². The second kappa shape index (κ2) is 6.61. The summed E-state index contributed by atoms with van der Waals surface area (Å²) >= 11 is 6.05. The SMILES string of the molecule is CNCc1ccc(-c2cc(C(=O)O)ccc2Cl)o1.Cl. The Morgan fingerprint density at radius 2 is 2.11 bits per heavy atom. The van der Waals surface area contributed by atoms with Crippen LogP contribution in [0.5, 0.6) is 0 Å². The summed E-state index contributed by atoms with van der Waals surface area (Å²) in [5.74, 6) is 0.340. The molecule has 2 N–H and O–H groups in total. The number of nitrogens with one attached hydrogen (secondary N) is 1. The van der Waals surface area contributed by atoms with Crippen molar-refractivity contribution in [1.29, 1.82) is 0 Å². The van der Waals surface area contributed by atoms with Crippen LogP contribution in [-0.2, 0) is 6.54 Å². The van der Waals surface area contributed by atoms with E-state index in [4.69, 9.17) is 21.1 Å². The van der Waals surface area contributed by atoms with Crippen LogP contribution in [0.15, 0.2) is 34.7 Å². The Balaban J connectivity index is 0.00000180. The van der Waals surface area contributed by atoms with E-state index in [0.717, 1.165) is 5.76 Å². The zero-order valence-corrected chi connectivity index (χ0v) is 11.7. The average Bonchev–Trinajstić information content (AvgIpc) is 2.78. The molecule has 4 nitrogen and oxygen atoms in total. The first-order chi connectivity index (χ1) is 8.61. The lowest BCUT2D eigenvalue weighted by atomic mass is 10.1. The predicted molar refractivity (Wildman–Crippen MR) is 76.1 cm³/mol. The highest BCUT2D eigenvalue weighted by Crippen LogP contribution is 2.30. The molecule has 0 saturated carbocycles. The van der Waals surface area contributed by atoms with Crippen molar-refractivity contribution < 1.29 is 14.3 Å². The van der Waals surface area contributed by atoms with Crippen molar-refractivity contribution >= 4 is 30.0 Å². The van der Waals surface area contributed by atoms with Crippen LogP contribution < -0.4 is 5.32 Å². The summed E-state index contributed by atoms with van der Waals surface area (Å²) in [6, 6.07) is 8.13. The van der Waals surface area contributed by atoms with Crippen LogP contribution in [0, 0.1) is 0 Å². The molecule has 0 aliphatic rings.